The Hall–Kier alpha value is -1.89. The minimum atomic E-state index is -0.740. The Labute approximate surface area is 158 Å². The van der Waals surface area contributed by atoms with Crippen LogP contribution in [0.15, 0.2) is 52.0 Å². The second-order valence-corrected chi connectivity index (χ2v) is 7.06. The van der Waals surface area contributed by atoms with Gasteiger partial charge in [0.25, 0.3) is 5.56 Å². The first-order valence-corrected chi connectivity index (χ1v) is 8.94. The molecule has 0 unspecified atom stereocenters. The number of hydrogen-bond acceptors (Lipinski definition) is 4. The van der Waals surface area contributed by atoms with Crippen molar-refractivity contribution in [3.63, 3.8) is 0 Å². The number of anilines is 1. The SMILES string of the molecule is Cc1ccc(NC[C@H](O)Cn2cnc3ccc(Cl)c(Br)c3c2=O)cc1. The van der Waals surface area contributed by atoms with E-state index in [9.17, 15) is 9.90 Å². The van der Waals surface area contributed by atoms with Gasteiger partial charge >= 0.3 is 0 Å². The zero-order chi connectivity index (χ0) is 18.0. The van der Waals surface area contributed by atoms with Crippen LogP contribution in [-0.4, -0.2) is 27.3 Å². The molecule has 7 heteroatoms. The first-order valence-electron chi connectivity index (χ1n) is 7.77. The van der Waals surface area contributed by atoms with Crippen LogP contribution in [0.3, 0.4) is 0 Å². The molecule has 1 aromatic heterocycles. The summed E-state index contributed by atoms with van der Waals surface area (Å²) < 4.78 is 1.91. The van der Waals surface area contributed by atoms with E-state index < -0.39 is 6.10 Å². The Morgan fingerprint density at radius 2 is 2.00 bits per heavy atom. The summed E-state index contributed by atoms with van der Waals surface area (Å²) in [5.41, 5.74) is 2.41. The fraction of sp³-hybridized carbons (Fsp3) is 0.222. The van der Waals surface area contributed by atoms with Crippen molar-refractivity contribution in [1.82, 2.24) is 9.55 Å². The summed E-state index contributed by atoms with van der Waals surface area (Å²) >= 11 is 9.40. The molecule has 0 amide bonds. The predicted molar refractivity (Wildman–Crippen MR) is 104 cm³/mol. The molecule has 0 aliphatic rings. The molecule has 0 bridgehead atoms. The van der Waals surface area contributed by atoms with Gasteiger partial charge in [0.2, 0.25) is 0 Å². The highest BCUT2D eigenvalue weighted by molar-refractivity contribution is 9.10. The predicted octanol–water partition coefficient (Wildman–Crippen LogP) is 3.59. The topological polar surface area (TPSA) is 67.2 Å². The number of fused-ring (bicyclic) bond motifs is 1. The zero-order valence-electron chi connectivity index (χ0n) is 13.5. The number of nitrogens with zero attached hydrogens (tertiary/aromatic N) is 2. The maximum Gasteiger partial charge on any atom is 0.262 e. The first kappa shape index (κ1) is 17.9. The smallest absolute Gasteiger partial charge is 0.262 e. The Morgan fingerprint density at radius 1 is 1.28 bits per heavy atom. The summed E-state index contributed by atoms with van der Waals surface area (Å²) in [6.45, 7) is 2.48. The number of hydrogen-bond donors (Lipinski definition) is 2. The van der Waals surface area contributed by atoms with Crippen LogP contribution in [-0.2, 0) is 6.54 Å². The summed E-state index contributed by atoms with van der Waals surface area (Å²) in [5, 5.41) is 14.3. The summed E-state index contributed by atoms with van der Waals surface area (Å²) in [5.74, 6) is 0. The third-order valence-electron chi connectivity index (χ3n) is 3.88. The number of aromatic nitrogens is 2. The van der Waals surface area contributed by atoms with Gasteiger partial charge in [-0.3, -0.25) is 9.36 Å². The van der Waals surface area contributed by atoms with Crippen molar-refractivity contribution in [2.75, 3.05) is 11.9 Å². The normalized spacial score (nSPS) is 12.3. The molecule has 0 fully saturated rings. The van der Waals surface area contributed by atoms with Crippen molar-refractivity contribution in [2.45, 2.75) is 19.6 Å². The molecule has 0 aliphatic carbocycles. The van der Waals surface area contributed by atoms with Crippen molar-refractivity contribution < 1.29 is 5.11 Å². The lowest BCUT2D eigenvalue weighted by atomic mass is 10.2. The molecule has 3 rings (SSSR count). The number of aryl methyl sites for hydroxylation is 1. The van der Waals surface area contributed by atoms with Gasteiger partial charge in [-0.15, -0.1) is 0 Å². The first-order chi connectivity index (χ1) is 12.0. The number of halogens is 2. The molecule has 0 radical (unpaired) electrons. The number of nitrogens with one attached hydrogen (secondary N) is 1. The lowest BCUT2D eigenvalue weighted by Crippen LogP contribution is -2.31. The van der Waals surface area contributed by atoms with E-state index in [-0.39, 0.29) is 12.1 Å². The van der Waals surface area contributed by atoms with E-state index in [0.717, 1.165) is 5.69 Å². The second-order valence-electron chi connectivity index (χ2n) is 5.86. The Kier molecular flexibility index (Phi) is 5.42. The average Bonchev–Trinajstić information content (AvgIpc) is 2.60. The van der Waals surface area contributed by atoms with Crippen LogP contribution in [0.2, 0.25) is 5.02 Å². The summed E-state index contributed by atoms with van der Waals surface area (Å²) in [7, 11) is 0. The minimum absolute atomic E-state index is 0.138. The number of aliphatic hydroxyl groups is 1. The van der Waals surface area contributed by atoms with Crippen molar-refractivity contribution in [3.8, 4) is 0 Å². The summed E-state index contributed by atoms with van der Waals surface area (Å²) in [6, 6.07) is 11.3. The highest BCUT2D eigenvalue weighted by Crippen LogP contribution is 2.27. The monoisotopic (exact) mass is 421 g/mol. The van der Waals surface area contributed by atoms with Gasteiger partial charge in [-0.2, -0.15) is 0 Å². The Morgan fingerprint density at radius 3 is 2.72 bits per heavy atom. The van der Waals surface area contributed by atoms with Gasteiger partial charge in [-0.25, -0.2) is 4.98 Å². The average molecular weight is 423 g/mol. The van der Waals surface area contributed by atoms with Crippen molar-refractivity contribution in [3.05, 3.63) is 68.1 Å². The highest BCUT2D eigenvalue weighted by Gasteiger charge is 2.13. The number of rotatable bonds is 5. The molecular weight excluding hydrogens is 406 g/mol. The number of benzene rings is 2. The second kappa shape index (κ2) is 7.56. The molecule has 0 saturated carbocycles. The highest BCUT2D eigenvalue weighted by atomic mass is 79.9. The van der Waals surface area contributed by atoms with Crippen molar-refractivity contribution in [1.29, 1.82) is 0 Å². The van der Waals surface area contributed by atoms with Crippen LogP contribution >= 0.6 is 27.5 Å². The van der Waals surface area contributed by atoms with E-state index in [2.05, 4.69) is 26.2 Å². The van der Waals surface area contributed by atoms with Crippen LogP contribution in [0.1, 0.15) is 5.56 Å². The standard InChI is InChI=1S/C18H17BrClN3O2/c1-11-2-4-12(5-3-11)21-8-13(24)9-23-10-22-15-7-6-14(20)17(19)16(15)18(23)25/h2-7,10,13,21,24H,8-9H2,1H3/t13-/m0/s1. The molecule has 0 spiro atoms. The zero-order valence-corrected chi connectivity index (χ0v) is 15.9. The van der Waals surface area contributed by atoms with Gasteiger partial charge in [-0.1, -0.05) is 29.3 Å². The Balaban J connectivity index is 1.76. The van der Waals surface area contributed by atoms with Crippen LogP contribution in [0.4, 0.5) is 5.69 Å². The van der Waals surface area contributed by atoms with Crippen LogP contribution in [0, 0.1) is 6.92 Å². The third kappa shape index (κ3) is 4.03. The van der Waals surface area contributed by atoms with Crippen molar-refractivity contribution >= 4 is 44.1 Å². The summed E-state index contributed by atoms with van der Waals surface area (Å²) in [6.07, 6.45) is 0.705. The molecule has 3 aromatic rings. The molecule has 1 heterocycles. The van der Waals surface area contributed by atoms with E-state index in [1.165, 1.54) is 16.5 Å². The molecule has 0 saturated heterocycles. The van der Waals surface area contributed by atoms with Gasteiger partial charge < -0.3 is 10.4 Å². The number of aliphatic hydroxyl groups excluding tert-OH is 1. The lowest BCUT2D eigenvalue weighted by molar-refractivity contribution is 0.165. The third-order valence-corrected chi connectivity index (χ3v) is 5.25. The largest absolute Gasteiger partial charge is 0.389 e. The summed E-state index contributed by atoms with van der Waals surface area (Å²) in [4.78, 5) is 16.9. The van der Waals surface area contributed by atoms with Gasteiger partial charge in [0.1, 0.15) is 0 Å². The fourth-order valence-electron chi connectivity index (χ4n) is 2.51. The van der Waals surface area contributed by atoms with E-state index >= 15 is 0 Å². The van der Waals surface area contributed by atoms with Gasteiger partial charge in [0.05, 0.1) is 39.4 Å². The molecule has 2 N–H and O–H groups in total. The quantitative estimate of drug-likeness (QED) is 0.659. The molecule has 2 aromatic carbocycles. The van der Waals surface area contributed by atoms with Gasteiger partial charge in [-0.05, 0) is 47.1 Å². The minimum Gasteiger partial charge on any atom is -0.389 e. The molecule has 0 aliphatic heterocycles. The molecule has 25 heavy (non-hydrogen) atoms. The lowest BCUT2D eigenvalue weighted by Gasteiger charge is -2.15. The molecule has 5 nitrogen and oxygen atoms in total. The van der Waals surface area contributed by atoms with Crippen LogP contribution in [0.25, 0.3) is 10.9 Å². The maximum absolute atomic E-state index is 12.7. The van der Waals surface area contributed by atoms with E-state index in [1.807, 2.05) is 31.2 Å². The van der Waals surface area contributed by atoms with E-state index in [4.69, 9.17) is 11.6 Å². The van der Waals surface area contributed by atoms with Gasteiger partial charge in [0, 0.05) is 12.2 Å². The molecule has 130 valence electrons. The van der Waals surface area contributed by atoms with Gasteiger partial charge in [0.15, 0.2) is 0 Å². The molecule has 1 atom stereocenters. The van der Waals surface area contributed by atoms with E-state index in [0.29, 0.717) is 26.9 Å². The fourth-order valence-corrected chi connectivity index (χ4v) is 3.17. The van der Waals surface area contributed by atoms with Crippen molar-refractivity contribution in [2.24, 2.45) is 0 Å². The van der Waals surface area contributed by atoms with Crippen LogP contribution < -0.4 is 10.9 Å². The Bertz CT molecular complexity index is 957. The van der Waals surface area contributed by atoms with E-state index in [1.54, 1.807) is 12.1 Å². The van der Waals surface area contributed by atoms with Crippen LogP contribution in [0.5, 0.6) is 0 Å². The maximum atomic E-state index is 12.7. The molecular formula is C18H17BrClN3O2.